The topological polar surface area (TPSA) is 24.1 Å². The normalized spacial score (nSPS) is 38.0. The summed E-state index contributed by atoms with van der Waals surface area (Å²) >= 11 is 0. The van der Waals surface area contributed by atoms with Gasteiger partial charge in [0.25, 0.3) is 0 Å². The van der Waals surface area contributed by atoms with Crippen molar-refractivity contribution in [3.8, 4) is 0 Å². The van der Waals surface area contributed by atoms with Crippen LogP contribution in [-0.2, 0) is 0 Å². The van der Waals surface area contributed by atoms with Crippen LogP contribution in [0.25, 0.3) is 0 Å². The molecular weight excluding hydrogens is 148 g/mol. The Morgan fingerprint density at radius 2 is 1.92 bits per heavy atom. The molecule has 0 aliphatic carbocycles. The van der Waals surface area contributed by atoms with Gasteiger partial charge in [-0.05, 0) is 51.2 Å². The van der Waals surface area contributed by atoms with Crippen molar-refractivity contribution in [3.63, 3.8) is 0 Å². The summed E-state index contributed by atoms with van der Waals surface area (Å²) in [5.41, 5.74) is 0. The predicted molar refractivity (Wildman–Crippen MR) is 51.2 cm³/mol. The van der Waals surface area contributed by atoms with Crippen LogP contribution in [0.1, 0.15) is 32.1 Å². The number of piperidine rings is 2. The summed E-state index contributed by atoms with van der Waals surface area (Å²) in [7, 11) is 0. The lowest BCUT2D eigenvalue weighted by atomic mass is 9.87. The Hall–Kier alpha value is -0.0800. The molecule has 2 rings (SSSR count). The van der Waals surface area contributed by atoms with Gasteiger partial charge in [0.2, 0.25) is 0 Å². The maximum absolute atomic E-state index is 3.65. The largest absolute Gasteiger partial charge is 0.316 e. The molecule has 0 spiro atoms. The van der Waals surface area contributed by atoms with Gasteiger partial charge in [-0.15, -0.1) is 0 Å². The van der Waals surface area contributed by atoms with Crippen molar-refractivity contribution in [2.24, 2.45) is 5.92 Å². The molecule has 2 fully saturated rings. The van der Waals surface area contributed by atoms with Crippen molar-refractivity contribution in [1.29, 1.82) is 0 Å². The summed E-state index contributed by atoms with van der Waals surface area (Å²) in [6, 6.07) is 0.826. The molecule has 0 radical (unpaired) electrons. The van der Waals surface area contributed by atoms with Crippen LogP contribution in [0.15, 0.2) is 0 Å². The molecule has 2 atom stereocenters. The fourth-order valence-corrected chi connectivity index (χ4v) is 2.50. The van der Waals surface area contributed by atoms with Gasteiger partial charge < -0.3 is 10.6 Å². The molecular formula is C10H20N2. The molecule has 2 aliphatic heterocycles. The van der Waals surface area contributed by atoms with E-state index < -0.39 is 0 Å². The summed E-state index contributed by atoms with van der Waals surface area (Å²) in [5, 5.41) is 7.14. The second-order valence-electron chi connectivity index (χ2n) is 4.16. The highest BCUT2D eigenvalue weighted by molar-refractivity contribution is 4.83. The van der Waals surface area contributed by atoms with E-state index in [2.05, 4.69) is 10.6 Å². The van der Waals surface area contributed by atoms with Crippen molar-refractivity contribution >= 4 is 0 Å². The Kier molecular flexibility index (Phi) is 3.01. The van der Waals surface area contributed by atoms with Crippen molar-refractivity contribution in [3.05, 3.63) is 0 Å². The van der Waals surface area contributed by atoms with Crippen LogP contribution in [0.2, 0.25) is 0 Å². The van der Waals surface area contributed by atoms with Gasteiger partial charge in [-0.25, -0.2) is 0 Å². The van der Waals surface area contributed by atoms with Crippen LogP contribution in [-0.4, -0.2) is 25.7 Å². The molecule has 2 aliphatic rings. The molecule has 0 aromatic carbocycles. The van der Waals surface area contributed by atoms with Crippen molar-refractivity contribution < 1.29 is 0 Å². The average Bonchev–Trinajstić information content (AvgIpc) is 2.21. The van der Waals surface area contributed by atoms with Crippen molar-refractivity contribution in [2.75, 3.05) is 19.6 Å². The Morgan fingerprint density at radius 1 is 0.917 bits per heavy atom. The molecule has 0 aromatic heterocycles. The van der Waals surface area contributed by atoms with Gasteiger partial charge in [-0.1, -0.05) is 6.42 Å². The van der Waals surface area contributed by atoms with Gasteiger partial charge in [-0.2, -0.15) is 0 Å². The first-order valence-corrected chi connectivity index (χ1v) is 5.41. The number of rotatable bonds is 1. The van der Waals surface area contributed by atoms with E-state index in [4.69, 9.17) is 0 Å². The third-order valence-electron chi connectivity index (χ3n) is 3.25. The molecule has 0 amide bonds. The number of nitrogens with one attached hydrogen (secondary N) is 2. The lowest BCUT2D eigenvalue weighted by Gasteiger charge is -2.34. The zero-order valence-electron chi connectivity index (χ0n) is 7.81. The van der Waals surface area contributed by atoms with Crippen LogP contribution in [0.4, 0.5) is 0 Å². The third-order valence-corrected chi connectivity index (χ3v) is 3.25. The monoisotopic (exact) mass is 168 g/mol. The smallest absolute Gasteiger partial charge is 0.0107 e. The van der Waals surface area contributed by atoms with Crippen LogP contribution in [0.5, 0.6) is 0 Å². The van der Waals surface area contributed by atoms with Gasteiger partial charge in [0, 0.05) is 6.04 Å². The fraction of sp³-hybridized carbons (Fsp3) is 1.00. The van der Waals surface area contributed by atoms with E-state index in [0.717, 1.165) is 12.0 Å². The second kappa shape index (κ2) is 4.24. The van der Waals surface area contributed by atoms with Gasteiger partial charge in [-0.3, -0.25) is 0 Å². The Balaban J connectivity index is 1.80. The molecule has 12 heavy (non-hydrogen) atoms. The third kappa shape index (κ3) is 1.99. The lowest BCUT2D eigenvalue weighted by molar-refractivity contribution is 0.247. The fourth-order valence-electron chi connectivity index (χ4n) is 2.50. The minimum atomic E-state index is 0.826. The van der Waals surface area contributed by atoms with Gasteiger partial charge in [0.15, 0.2) is 0 Å². The molecule has 0 bridgehead atoms. The summed E-state index contributed by atoms with van der Waals surface area (Å²) in [4.78, 5) is 0. The number of hydrogen-bond donors (Lipinski definition) is 2. The molecule has 0 unspecified atom stereocenters. The van der Waals surface area contributed by atoms with Crippen LogP contribution < -0.4 is 10.6 Å². The van der Waals surface area contributed by atoms with E-state index in [-0.39, 0.29) is 0 Å². The molecule has 0 aromatic rings. The molecule has 2 saturated heterocycles. The van der Waals surface area contributed by atoms with Gasteiger partial charge >= 0.3 is 0 Å². The van der Waals surface area contributed by atoms with E-state index in [1.54, 1.807) is 0 Å². The van der Waals surface area contributed by atoms with E-state index in [9.17, 15) is 0 Å². The Morgan fingerprint density at radius 3 is 2.58 bits per heavy atom. The maximum Gasteiger partial charge on any atom is 0.0107 e. The molecule has 2 heterocycles. The zero-order valence-corrected chi connectivity index (χ0v) is 7.81. The standard InChI is InChI=1S/C10H20N2/c1-2-7-12-10(5-1)9-4-3-6-11-8-9/h9-12H,1-8H2/t9-,10-/m1/s1. The second-order valence-corrected chi connectivity index (χ2v) is 4.16. The van der Waals surface area contributed by atoms with Crippen LogP contribution in [0.3, 0.4) is 0 Å². The van der Waals surface area contributed by atoms with Crippen LogP contribution in [0, 0.1) is 5.92 Å². The van der Waals surface area contributed by atoms with Crippen molar-refractivity contribution in [1.82, 2.24) is 10.6 Å². The van der Waals surface area contributed by atoms with Gasteiger partial charge in [0.05, 0.1) is 0 Å². The SMILES string of the molecule is C1CC[C@H]([C@@H]2CCCNC2)NC1. The summed E-state index contributed by atoms with van der Waals surface area (Å²) < 4.78 is 0. The Labute approximate surface area is 75.1 Å². The van der Waals surface area contributed by atoms with Crippen LogP contribution >= 0.6 is 0 Å². The average molecular weight is 168 g/mol. The molecule has 2 nitrogen and oxygen atoms in total. The highest BCUT2D eigenvalue weighted by Gasteiger charge is 2.24. The van der Waals surface area contributed by atoms with E-state index >= 15 is 0 Å². The minimum Gasteiger partial charge on any atom is -0.316 e. The molecule has 0 saturated carbocycles. The predicted octanol–water partition coefficient (Wildman–Crippen LogP) is 1.13. The first kappa shape index (κ1) is 8.52. The minimum absolute atomic E-state index is 0.826. The van der Waals surface area contributed by atoms with E-state index in [1.165, 1.54) is 51.7 Å². The first-order chi connectivity index (χ1) is 5.97. The lowest BCUT2D eigenvalue weighted by Crippen LogP contribution is -2.46. The molecule has 2 N–H and O–H groups in total. The zero-order chi connectivity index (χ0) is 8.23. The summed E-state index contributed by atoms with van der Waals surface area (Å²) in [6.45, 7) is 3.74. The molecule has 2 heteroatoms. The van der Waals surface area contributed by atoms with E-state index in [1.807, 2.05) is 0 Å². The maximum atomic E-state index is 3.65. The number of hydrogen-bond acceptors (Lipinski definition) is 2. The van der Waals surface area contributed by atoms with Crippen molar-refractivity contribution in [2.45, 2.75) is 38.1 Å². The highest BCUT2D eigenvalue weighted by atomic mass is 15.0. The van der Waals surface area contributed by atoms with E-state index in [0.29, 0.717) is 0 Å². The summed E-state index contributed by atoms with van der Waals surface area (Å²) in [6.07, 6.45) is 7.05. The molecule has 70 valence electrons. The highest BCUT2D eigenvalue weighted by Crippen LogP contribution is 2.20. The van der Waals surface area contributed by atoms with Gasteiger partial charge in [0.1, 0.15) is 0 Å². The quantitative estimate of drug-likeness (QED) is 0.613. The first-order valence-electron chi connectivity index (χ1n) is 5.41. The summed E-state index contributed by atoms with van der Waals surface area (Å²) in [5.74, 6) is 0.916. The Bertz CT molecular complexity index is 108.